The molecule has 0 aromatic heterocycles. The highest BCUT2D eigenvalue weighted by Gasteiger charge is 2.23. The number of nitrogens with one attached hydrogen (secondary N) is 2. The lowest BCUT2D eigenvalue weighted by Crippen LogP contribution is -2.33. The van der Waals surface area contributed by atoms with Crippen molar-refractivity contribution in [1.29, 1.82) is 0 Å². The van der Waals surface area contributed by atoms with Gasteiger partial charge in [0.2, 0.25) is 10.0 Å². The fourth-order valence-electron chi connectivity index (χ4n) is 3.79. The van der Waals surface area contributed by atoms with E-state index in [0.29, 0.717) is 6.07 Å². The van der Waals surface area contributed by atoms with Crippen LogP contribution in [-0.4, -0.2) is 70.8 Å². The Balaban J connectivity index is 0.000000628. The summed E-state index contributed by atoms with van der Waals surface area (Å²) >= 11 is 3.26. The number of hydrogen-bond donors (Lipinski definition) is 2. The van der Waals surface area contributed by atoms with E-state index in [9.17, 15) is 22.0 Å². The molecule has 42 heavy (non-hydrogen) atoms. The average molecular weight is 695 g/mol. The molecule has 3 rings (SSSR count). The molecular weight excluding hydrogens is 656 g/mol. The van der Waals surface area contributed by atoms with Gasteiger partial charge in [0.1, 0.15) is 11.6 Å². The Hall–Kier alpha value is -2.57. The molecule has 14 heteroatoms. The molecule has 0 bridgehead atoms. The van der Waals surface area contributed by atoms with Crippen molar-refractivity contribution in [2.24, 2.45) is 9.98 Å². The molecule has 1 fully saturated rings. The molecule has 1 saturated carbocycles. The number of carbonyl (C=O) groups is 1. The van der Waals surface area contributed by atoms with Gasteiger partial charge in [0.15, 0.2) is 11.6 Å². The van der Waals surface area contributed by atoms with E-state index < -0.39 is 27.6 Å². The molecule has 2 aromatic rings. The van der Waals surface area contributed by atoms with E-state index >= 15 is 0 Å². The van der Waals surface area contributed by atoms with Gasteiger partial charge in [0, 0.05) is 18.7 Å². The van der Waals surface area contributed by atoms with Crippen molar-refractivity contribution in [3.8, 4) is 11.5 Å². The molecule has 0 radical (unpaired) electrons. The molecule has 1 amide bonds. The van der Waals surface area contributed by atoms with Gasteiger partial charge in [-0.25, -0.2) is 27.2 Å². The van der Waals surface area contributed by atoms with Gasteiger partial charge in [-0.15, -0.1) is 12.4 Å². The van der Waals surface area contributed by atoms with Crippen LogP contribution in [-0.2, 0) is 10.0 Å². The Kier molecular flexibility index (Phi) is 16.8. The first-order valence-electron chi connectivity index (χ1n) is 13.5. The van der Waals surface area contributed by atoms with Crippen LogP contribution in [0.1, 0.15) is 56.3 Å². The molecule has 1 aliphatic carbocycles. The second-order valence-electron chi connectivity index (χ2n) is 9.58. The first-order valence-corrected chi connectivity index (χ1v) is 15.9. The number of rotatable bonds is 12. The summed E-state index contributed by atoms with van der Waals surface area (Å²) in [6.07, 6.45) is 4.81. The molecule has 0 spiro atoms. The number of sulfonamides is 1. The van der Waals surface area contributed by atoms with Gasteiger partial charge in [0.05, 0.1) is 34.0 Å². The summed E-state index contributed by atoms with van der Waals surface area (Å²) in [6.45, 7) is 6.14. The van der Waals surface area contributed by atoms with Gasteiger partial charge >= 0.3 is 0 Å². The lowest BCUT2D eigenvalue weighted by Gasteiger charge is -2.18. The number of nitrogens with zero attached hydrogens (tertiary/aromatic N) is 3. The highest BCUT2D eigenvalue weighted by molar-refractivity contribution is 9.10. The number of carbonyl (C=O) groups excluding carboxylic acids is 1. The van der Waals surface area contributed by atoms with Crippen molar-refractivity contribution in [2.75, 3.05) is 44.2 Å². The molecule has 2 aromatic carbocycles. The second kappa shape index (κ2) is 18.9. The summed E-state index contributed by atoms with van der Waals surface area (Å²) in [5.41, 5.74) is 0.116. The van der Waals surface area contributed by atoms with Crippen LogP contribution in [0.15, 0.2) is 44.8 Å². The Labute approximate surface area is 261 Å². The quantitative estimate of drug-likeness (QED) is 0.195. The van der Waals surface area contributed by atoms with E-state index in [2.05, 4.69) is 61.0 Å². The first-order chi connectivity index (χ1) is 19.5. The maximum Gasteiger partial charge on any atom is 0.253 e. The highest BCUT2D eigenvalue weighted by Crippen LogP contribution is 2.36. The predicted octanol–water partition coefficient (Wildman–Crippen LogP) is 6.51. The Morgan fingerprint density at radius 3 is 2.40 bits per heavy atom. The van der Waals surface area contributed by atoms with Crippen molar-refractivity contribution in [3.05, 3.63) is 52.0 Å². The topological polar surface area (TPSA) is 112 Å². The number of amides is 1. The Morgan fingerprint density at radius 1 is 1.12 bits per heavy atom. The van der Waals surface area contributed by atoms with Crippen LogP contribution in [0.25, 0.3) is 0 Å². The predicted molar refractivity (Wildman–Crippen MR) is 169 cm³/mol. The third kappa shape index (κ3) is 13.2. The number of ether oxygens (including phenoxy) is 1. The number of aliphatic imine (C=N–C) groups is 2. The van der Waals surface area contributed by atoms with Crippen LogP contribution in [0, 0.1) is 11.6 Å². The summed E-state index contributed by atoms with van der Waals surface area (Å²) in [6, 6.07) is 8.21. The third-order valence-corrected chi connectivity index (χ3v) is 7.85. The van der Waals surface area contributed by atoms with Gasteiger partial charge in [-0.05, 0) is 93.9 Å². The largest absolute Gasteiger partial charge is 0.453 e. The van der Waals surface area contributed by atoms with E-state index in [0.717, 1.165) is 63.9 Å². The fraction of sp³-hybridized carbons (Fsp3) is 0.500. The van der Waals surface area contributed by atoms with Crippen molar-refractivity contribution < 1.29 is 26.7 Å². The van der Waals surface area contributed by atoms with Crippen molar-refractivity contribution in [3.63, 3.8) is 0 Å². The molecule has 2 N–H and O–H groups in total. The molecule has 0 saturated heterocycles. The molecular formula is C28H39BrClF2N5O4S. The zero-order chi connectivity index (χ0) is 30.4. The van der Waals surface area contributed by atoms with Crippen LogP contribution in [0.3, 0.4) is 0 Å². The summed E-state index contributed by atoms with van der Waals surface area (Å²) in [5, 5.41) is 2.90. The van der Waals surface area contributed by atoms with Crippen LogP contribution in [0.5, 0.6) is 11.5 Å². The van der Waals surface area contributed by atoms with Crippen LogP contribution >= 0.6 is 28.3 Å². The monoisotopic (exact) mass is 693 g/mol. The standard InChI is InChI=1S/C20H21BrF2N2O4S.C8H17N3.ClH/c1-2-30(27,28)25-17-11-15(21)19(29-18-8-7-12(22)9-16(18)23)10-14(17)20(26)24-13-5-3-4-6-13;1-4-9-8-10-6-5-7-11(2)3;/h7-11,13,25H,2-6H2,1H3,(H,24,26);4-7H2,1-3H3;1H. The smallest absolute Gasteiger partial charge is 0.253 e. The summed E-state index contributed by atoms with van der Waals surface area (Å²) < 4.78 is 59.5. The van der Waals surface area contributed by atoms with E-state index in [1.807, 2.05) is 6.92 Å². The lowest BCUT2D eigenvalue weighted by atomic mass is 10.1. The maximum absolute atomic E-state index is 14.0. The summed E-state index contributed by atoms with van der Waals surface area (Å²) in [7, 11) is 0.470. The number of hydrogen-bond acceptors (Lipinski definition) is 7. The molecule has 1 aliphatic rings. The van der Waals surface area contributed by atoms with Crippen molar-refractivity contribution in [1.82, 2.24) is 10.2 Å². The van der Waals surface area contributed by atoms with Crippen LogP contribution in [0.2, 0.25) is 0 Å². The average Bonchev–Trinajstić information content (AvgIpc) is 3.42. The Morgan fingerprint density at radius 2 is 1.81 bits per heavy atom. The van der Waals surface area contributed by atoms with Crippen molar-refractivity contribution >= 4 is 56.0 Å². The SMILES string of the molecule is CCN=C=NCCCN(C)C.CCS(=O)(=O)Nc1cc(Br)c(Oc2ccc(F)cc2F)cc1C(=O)NC1CCCC1.Cl. The molecule has 9 nitrogen and oxygen atoms in total. The molecule has 0 aliphatic heterocycles. The maximum atomic E-state index is 14.0. The third-order valence-electron chi connectivity index (χ3n) is 5.94. The zero-order valence-electron chi connectivity index (χ0n) is 24.3. The summed E-state index contributed by atoms with van der Waals surface area (Å²) in [4.78, 5) is 22.9. The normalized spacial score (nSPS) is 12.9. The Bertz CT molecular complexity index is 1340. The highest BCUT2D eigenvalue weighted by atomic mass is 79.9. The minimum Gasteiger partial charge on any atom is -0.453 e. The van der Waals surface area contributed by atoms with Crippen molar-refractivity contribution in [2.45, 2.75) is 52.0 Å². The number of anilines is 1. The number of benzene rings is 2. The van der Waals surface area contributed by atoms with Gasteiger partial charge in [-0.3, -0.25) is 9.52 Å². The fourth-order valence-corrected chi connectivity index (χ4v) is 4.86. The number of halogens is 4. The van der Waals surface area contributed by atoms with Gasteiger partial charge in [-0.2, -0.15) is 0 Å². The van der Waals surface area contributed by atoms with E-state index in [4.69, 9.17) is 4.74 Å². The van der Waals surface area contributed by atoms with E-state index in [-0.39, 0.29) is 51.4 Å². The summed E-state index contributed by atoms with van der Waals surface area (Å²) in [5.74, 6) is -2.45. The van der Waals surface area contributed by atoms with Crippen LogP contribution in [0.4, 0.5) is 14.5 Å². The molecule has 234 valence electrons. The minimum atomic E-state index is -3.65. The van der Waals surface area contributed by atoms with E-state index in [1.54, 1.807) is 0 Å². The lowest BCUT2D eigenvalue weighted by molar-refractivity contribution is 0.0938. The molecule has 0 unspecified atom stereocenters. The van der Waals surface area contributed by atoms with Gasteiger partial charge in [0.25, 0.3) is 5.91 Å². The second-order valence-corrected chi connectivity index (χ2v) is 12.4. The first kappa shape index (κ1) is 37.5. The molecule has 0 atom stereocenters. The molecule has 0 heterocycles. The minimum absolute atomic E-state index is 0. The van der Waals surface area contributed by atoms with Gasteiger partial charge in [-0.1, -0.05) is 12.8 Å². The zero-order valence-corrected chi connectivity index (χ0v) is 27.5. The van der Waals surface area contributed by atoms with E-state index in [1.165, 1.54) is 19.1 Å². The van der Waals surface area contributed by atoms with Crippen LogP contribution < -0.4 is 14.8 Å². The van der Waals surface area contributed by atoms with Gasteiger partial charge < -0.3 is 15.0 Å².